The zero-order chi connectivity index (χ0) is 32.7. The number of carbonyl (C=O) groups is 4. The van der Waals surface area contributed by atoms with E-state index in [1.165, 1.54) is 0 Å². The Morgan fingerprint density at radius 1 is 0.364 bits per heavy atom. The van der Waals surface area contributed by atoms with Crippen LogP contribution in [0.3, 0.4) is 0 Å². The Bertz CT molecular complexity index is 625. The van der Waals surface area contributed by atoms with Gasteiger partial charge >= 0.3 is 23.9 Å². The fourth-order valence-corrected chi connectivity index (χ4v) is 3.84. The average Bonchev–Trinajstić information content (AvgIpc) is 3.02. The van der Waals surface area contributed by atoms with E-state index in [4.69, 9.17) is 39.4 Å². The van der Waals surface area contributed by atoms with Crippen LogP contribution < -0.4 is 0 Å². The maximum atomic E-state index is 12.2. The lowest BCUT2D eigenvalue weighted by molar-refractivity contribution is -0.146. The van der Waals surface area contributed by atoms with Gasteiger partial charge in [0.15, 0.2) is 0 Å². The second-order valence-electron chi connectivity index (χ2n) is 10.3. The van der Waals surface area contributed by atoms with Crippen molar-refractivity contribution in [2.45, 2.75) is 77.0 Å². The number of aliphatic hydroxyl groups is 4. The number of unbranched alkanes of at least 4 members (excludes halogenated alkanes) is 4. The summed E-state index contributed by atoms with van der Waals surface area (Å²) in [5.41, 5.74) is 0. The molecule has 0 saturated carbocycles. The minimum atomic E-state index is -0.385. The first-order chi connectivity index (χ1) is 21.4. The molecular formula is C30H56N2O12. The maximum absolute atomic E-state index is 12.2. The molecule has 0 saturated heterocycles. The lowest BCUT2D eigenvalue weighted by Crippen LogP contribution is -2.39. The minimum absolute atomic E-state index is 0.0286. The third-order valence-electron chi connectivity index (χ3n) is 6.52. The van der Waals surface area contributed by atoms with Gasteiger partial charge in [0.25, 0.3) is 0 Å². The number of carbonyl (C=O) groups excluding carboxylic acids is 4. The Morgan fingerprint density at radius 2 is 0.591 bits per heavy atom. The van der Waals surface area contributed by atoms with Crippen LogP contribution in [-0.2, 0) is 38.1 Å². The first-order valence-electron chi connectivity index (χ1n) is 15.9. The Hall–Kier alpha value is -2.36. The van der Waals surface area contributed by atoms with Crippen molar-refractivity contribution in [3.05, 3.63) is 0 Å². The molecular weight excluding hydrogens is 580 g/mol. The quantitative estimate of drug-likeness (QED) is 0.0465. The van der Waals surface area contributed by atoms with Crippen LogP contribution >= 0.6 is 0 Å². The molecule has 0 atom stereocenters. The van der Waals surface area contributed by atoms with E-state index in [-0.39, 0.29) is 102 Å². The van der Waals surface area contributed by atoms with E-state index in [1.54, 1.807) is 0 Å². The number of hydrogen-bond acceptors (Lipinski definition) is 14. The van der Waals surface area contributed by atoms with Gasteiger partial charge in [-0.05, 0) is 51.4 Å². The van der Waals surface area contributed by atoms with Gasteiger partial charge in [0.2, 0.25) is 0 Å². The van der Waals surface area contributed by atoms with Crippen LogP contribution in [0, 0.1) is 0 Å². The summed E-state index contributed by atoms with van der Waals surface area (Å²) < 4.78 is 20.9. The van der Waals surface area contributed by atoms with Gasteiger partial charge in [0, 0.05) is 65.7 Å². The fourth-order valence-electron chi connectivity index (χ4n) is 3.84. The molecule has 0 aliphatic rings. The molecule has 0 rings (SSSR count). The summed E-state index contributed by atoms with van der Waals surface area (Å²) in [5.74, 6) is -1.54. The summed E-state index contributed by atoms with van der Waals surface area (Å²) >= 11 is 0. The van der Waals surface area contributed by atoms with E-state index in [0.717, 1.165) is 0 Å². The molecule has 0 aromatic carbocycles. The van der Waals surface area contributed by atoms with Gasteiger partial charge in [-0.25, -0.2) is 0 Å². The molecule has 0 aromatic heterocycles. The van der Waals surface area contributed by atoms with E-state index < -0.39 is 0 Å². The predicted molar refractivity (Wildman–Crippen MR) is 160 cm³/mol. The van der Waals surface area contributed by atoms with Gasteiger partial charge in [-0.15, -0.1) is 0 Å². The molecule has 258 valence electrons. The number of rotatable bonds is 31. The minimum Gasteiger partial charge on any atom is -0.466 e. The summed E-state index contributed by atoms with van der Waals surface area (Å²) in [4.78, 5) is 52.8. The second kappa shape index (κ2) is 30.7. The summed E-state index contributed by atoms with van der Waals surface area (Å²) in [6.45, 7) is 3.17. The molecule has 0 aromatic rings. The lowest BCUT2D eigenvalue weighted by atomic mass is 10.3. The van der Waals surface area contributed by atoms with Gasteiger partial charge in [-0.2, -0.15) is 0 Å². The van der Waals surface area contributed by atoms with Crippen LogP contribution in [0.25, 0.3) is 0 Å². The topological polar surface area (TPSA) is 193 Å². The molecule has 0 fully saturated rings. The third-order valence-corrected chi connectivity index (χ3v) is 6.52. The fraction of sp³-hybridized carbons (Fsp3) is 0.867. The molecule has 0 spiro atoms. The van der Waals surface area contributed by atoms with E-state index in [0.29, 0.717) is 90.6 Å². The van der Waals surface area contributed by atoms with Gasteiger partial charge < -0.3 is 49.2 Å². The highest BCUT2D eigenvalue weighted by Crippen LogP contribution is 2.04. The van der Waals surface area contributed by atoms with E-state index in [2.05, 4.69) is 0 Å². The van der Waals surface area contributed by atoms with Gasteiger partial charge in [0.05, 0.1) is 52.1 Å². The Kier molecular flexibility index (Phi) is 29.0. The zero-order valence-corrected chi connectivity index (χ0v) is 26.3. The largest absolute Gasteiger partial charge is 0.466 e. The molecule has 14 heteroatoms. The van der Waals surface area contributed by atoms with Gasteiger partial charge in [-0.1, -0.05) is 0 Å². The highest BCUT2D eigenvalue weighted by atomic mass is 16.5. The van der Waals surface area contributed by atoms with Crippen LogP contribution in [0.2, 0.25) is 0 Å². The van der Waals surface area contributed by atoms with Crippen molar-refractivity contribution >= 4 is 23.9 Å². The highest BCUT2D eigenvalue weighted by molar-refractivity contribution is 5.71. The van der Waals surface area contributed by atoms with Crippen LogP contribution in [-0.4, -0.2) is 146 Å². The SMILES string of the molecule is O=C(CCN(CCC(=O)OCCCCO)CCN(CCC(=O)OCCCCO)CCC(=O)OCCCCO)OCCCCO. The van der Waals surface area contributed by atoms with Crippen LogP contribution in [0.5, 0.6) is 0 Å². The van der Waals surface area contributed by atoms with Crippen molar-refractivity contribution in [1.29, 1.82) is 0 Å². The number of esters is 4. The van der Waals surface area contributed by atoms with Crippen LogP contribution in [0.1, 0.15) is 77.0 Å². The van der Waals surface area contributed by atoms with Crippen molar-refractivity contribution in [2.24, 2.45) is 0 Å². The number of ether oxygens (including phenoxy) is 4. The van der Waals surface area contributed by atoms with Crippen molar-refractivity contribution in [3.63, 3.8) is 0 Å². The predicted octanol–water partition coefficient (Wildman–Crippen LogP) is 0.414. The van der Waals surface area contributed by atoms with Gasteiger partial charge in [0.1, 0.15) is 0 Å². The molecule has 0 heterocycles. The summed E-state index contributed by atoms with van der Waals surface area (Å²) in [5, 5.41) is 35.5. The molecule has 4 N–H and O–H groups in total. The highest BCUT2D eigenvalue weighted by Gasteiger charge is 2.17. The average molecular weight is 637 g/mol. The Morgan fingerprint density at radius 3 is 0.795 bits per heavy atom. The Balaban J connectivity index is 5.12. The first-order valence-corrected chi connectivity index (χ1v) is 15.9. The molecule has 0 unspecified atom stereocenters. The molecule has 0 aliphatic heterocycles. The summed E-state index contributed by atoms with van der Waals surface area (Å²) in [6.07, 6.45) is 4.85. The maximum Gasteiger partial charge on any atom is 0.307 e. The third kappa shape index (κ3) is 27.2. The second-order valence-corrected chi connectivity index (χ2v) is 10.3. The number of aliphatic hydroxyl groups excluding tert-OH is 4. The van der Waals surface area contributed by atoms with E-state index >= 15 is 0 Å². The Labute approximate surface area is 261 Å². The molecule has 0 bridgehead atoms. The first kappa shape index (κ1) is 41.6. The van der Waals surface area contributed by atoms with Crippen molar-refractivity contribution in [1.82, 2.24) is 9.80 Å². The summed E-state index contributed by atoms with van der Waals surface area (Å²) in [6, 6.07) is 0. The molecule has 44 heavy (non-hydrogen) atoms. The summed E-state index contributed by atoms with van der Waals surface area (Å²) in [7, 11) is 0. The lowest BCUT2D eigenvalue weighted by Gasteiger charge is -2.27. The van der Waals surface area contributed by atoms with Crippen molar-refractivity contribution in [3.8, 4) is 0 Å². The molecule has 14 nitrogen and oxygen atoms in total. The molecule has 0 aliphatic carbocycles. The van der Waals surface area contributed by atoms with Crippen molar-refractivity contribution < 1.29 is 58.6 Å². The molecule has 0 amide bonds. The monoisotopic (exact) mass is 636 g/mol. The van der Waals surface area contributed by atoms with E-state index in [9.17, 15) is 19.2 Å². The van der Waals surface area contributed by atoms with Gasteiger partial charge in [-0.3, -0.25) is 19.2 Å². The zero-order valence-electron chi connectivity index (χ0n) is 26.3. The smallest absolute Gasteiger partial charge is 0.307 e. The van der Waals surface area contributed by atoms with E-state index in [1.807, 2.05) is 9.80 Å². The standard InChI is InChI=1S/C30H56N2O12/c33-19-1-5-23-41-27(37)9-13-31(14-10-28(38)42-24-6-2-20-34)17-18-32(15-11-29(39)43-25-7-3-21-35)16-12-30(40)44-26-8-4-22-36/h33-36H,1-26H2. The van der Waals surface area contributed by atoms with Crippen LogP contribution in [0.4, 0.5) is 0 Å². The molecule has 0 radical (unpaired) electrons. The normalized spacial score (nSPS) is 11.1. The number of nitrogens with zero attached hydrogens (tertiary/aromatic N) is 2. The van der Waals surface area contributed by atoms with Crippen molar-refractivity contribution in [2.75, 3.05) is 92.1 Å². The number of hydrogen-bond donors (Lipinski definition) is 4. The van der Waals surface area contributed by atoms with Crippen LogP contribution in [0.15, 0.2) is 0 Å².